The van der Waals surface area contributed by atoms with Gasteiger partial charge in [0.05, 0.1) is 6.04 Å². The van der Waals surface area contributed by atoms with Crippen molar-refractivity contribution in [3.05, 3.63) is 0 Å². The molecule has 0 rings (SSSR count). The monoisotopic (exact) mass is 461 g/mol. The van der Waals surface area contributed by atoms with Gasteiger partial charge in [0.2, 0.25) is 29.5 Å². The van der Waals surface area contributed by atoms with Crippen LogP contribution in [0.25, 0.3) is 0 Å². The summed E-state index contributed by atoms with van der Waals surface area (Å²) < 4.78 is 0. The van der Waals surface area contributed by atoms with Crippen molar-refractivity contribution in [3.8, 4) is 0 Å². The first-order valence-corrected chi connectivity index (χ1v) is 10.6. The largest absolute Gasteiger partial charge is 0.368 e. The first-order valence-electron chi connectivity index (χ1n) is 10.0. The van der Waals surface area contributed by atoms with Crippen molar-refractivity contribution in [2.75, 3.05) is 12.3 Å². The molecule has 0 aromatic heterocycles. The van der Waals surface area contributed by atoms with Crippen LogP contribution in [-0.2, 0) is 24.0 Å². The molecule has 0 spiro atoms. The van der Waals surface area contributed by atoms with E-state index in [2.05, 4.69) is 33.9 Å². The molecule has 0 radical (unpaired) electrons. The summed E-state index contributed by atoms with van der Waals surface area (Å²) in [5.41, 5.74) is 16.1. The Morgan fingerprint density at radius 1 is 0.774 bits per heavy atom. The fourth-order valence-electron chi connectivity index (χ4n) is 2.35. The van der Waals surface area contributed by atoms with E-state index < -0.39 is 59.7 Å². The third-order valence-corrected chi connectivity index (χ3v) is 4.71. The molecule has 12 nitrogen and oxygen atoms in total. The van der Waals surface area contributed by atoms with Crippen molar-refractivity contribution >= 4 is 42.2 Å². The second-order valence-electron chi connectivity index (χ2n) is 7.24. The lowest BCUT2D eigenvalue weighted by Crippen LogP contribution is -2.57. The number of carbonyl (C=O) groups is 5. The van der Waals surface area contributed by atoms with Crippen molar-refractivity contribution in [2.45, 2.75) is 70.2 Å². The van der Waals surface area contributed by atoms with Crippen LogP contribution < -0.4 is 38.5 Å². The molecule has 31 heavy (non-hydrogen) atoms. The predicted molar refractivity (Wildman–Crippen MR) is 119 cm³/mol. The van der Waals surface area contributed by atoms with E-state index in [1.165, 1.54) is 20.8 Å². The average molecular weight is 462 g/mol. The van der Waals surface area contributed by atoms with Crippen molar-refractivity contribution in [1.82, 2.24) is 21.3 Å². The van der Waals surface area contributed by atoms with Gasteiger partial charge < -0.3 is 38.5 Å². The second-order valence-corrected chi connectivity index (χ2v) is 7.61. The zero-order chi connectivity index (χ0) is 24.1. The highest BCUT2D eigenvalue weighted by atomic mass is 32.1. The molecule has 178 valence electrons. The van der Waals surface area contributed by atoms with Gasteiger partial charge in [0, 0.05) is 5.75 Å². The van der Waals surface area contributed by atoms with Gasteiger partial charge in [-0.2, -0.15) is 12.6 Å². The van der Waals surface area contributed by atoms with Crippen molar-refractivity contribution in [2.24, 2.45) is 17.2 Å². The minimum Gasteiger partial charge on any atom is -0.368 e. The minimum absolute atomic E-state index is 0.00201. The fraction of sp³-hybridized carbons (Fsp3) is 0.722. The Hall–Kier alpha value is -2.38. The van der Waals surface area contributed by atoms with Crippen LogP contribution in [0, 0.1) is 0 Å². The Bertz CT molecular complexity index is 647. The Labute approximate surface area is 187 Å². The summed E-state index contributed by atoms with van der Waals surface area (Å²) in [4.78, 5) is 60.2. The Kier molecular flexibility index (Phi) is 13.5. The molecule has 13 heteroatoms. The van der Waals surface area contributed by atoms with E-state index in [1.54, 1.807) is 0 Å². The van der Waals surface area contributed by atoms with Crippen molar-refractivity contribution in [3.63, 3.8) is 0 Å². The first-order chi connectivity index (χ1) is 14.4. The average Bonchev–Trinajstić information content (AvgIpc) is 2.70. The van der Waals surface area contributed by atoms with Gasteiger partial charge in [-0.05, 0) is 46.6 Å². The SMILES string of the molecule is C[C@H](N)C(=O)N[C@@H](C)C(=O)N[C@@H](C)C(=O)N[C@@H](CCCCN)C(=O)N[C@@H](CS)C(N)=O. The topological polar surface area (TPSA) is 212 Å². The summed E-state index contributed by atoms with van der Waals surface area (Å²) in [7, 11) is 0. The number of nitrogens with one attached hydrogen (secondary N) is 4. The number of hydrogen-bond acceptors (Lipinski definition) is 8. The molecule has 5 amide bonds. The molecule has 0 aliphatic carbocycles. The lowest BCUT2D eigenvalue weighted by molar-refractivity contribution is -0.134. The molecule has 0 bridgehead atoms. The van der Waals surface area contributed by atoms with E-state index >= 15 is 0 Å². The van der Waals surface area contributed by atoms with Crippen LogP contribution in [-0.4, -0.2) is 72.0 Å². The smallest absolute Gasteiger partial charge is 0.243 e. The zero-order valence-corrected chi connectivity index (χ0v) is 19.0. The van der Waals surface area contributed by atoms with Gasteiger partial charge in [-0.3, -0.25) is 24.0 Å². The fourth-order valence-corrected chi connectivity index (χ4v) is 2.62. The van der Waals surface area contributed by atoms with Crippen LogP contribution in [0.2, 0.25) is 0 Å². The third kappa shape index (κ3) is 11.0. The summed E-state index contributed by atoms with van der Waals surface area (Å²) in [5, 5.41) is 9.88. The van der Waals surface area contributed by atoms with E-state index in [1.807, 2.05) is 0 Å². The summed E-state index contributed by atoms with van der Waals surface area (Å²) in [6, 6.07) is -4.65. The maximum Gasteiger partial charge on any atom is 0.243 e. The Balaban J connectivity index is 5.02. The number of amides is 5. The highest BCUT2D eigenvalue weighted by Gasteiger charge is 2.28. The predicted octanol–water partition coefficient (Wildman–Crippen LogP) is -3.14. The molecular weight excluding hydrogens is 426 g/mol. The van der Waals surface area contributed by atoms with Crippen LogP contribution in [0.3, 0.4) is 0 Å². The Morgan fingerprint density at radius 2 is 1.26 bits per heavy atom. The molecule has 0 saturated heterocycles. The first kappa shape index (κ1) is 28.6. The number of primary amides is 1. The van der Waals surface area contributed by atoms with Crippen LogP contribution in [0.1, 0.15) is 40.0 Å². The number of unbranched alkanes of at least 4 members (excludes halogenated alkanes) is 1. The third-order valence-electron chi connectivity index (χ3n) is 4.34. The number of carbonyl (C=O) groups excluding carboxylic acids is 5. The maximum absolute atomic E-state index is 12.5. The van der Waals surface area contributed by atoms with E-state index in [4.69, 9.17) is 17.2 Å². The standard InChI is InChI=1S/C18H35N7O5S/c1-9(20)15(27)22-10(2)16(28)23-11(3)17(29)24-12(6-4-5-7-19)18(30)25-13(8-31)14(21)26/h9-13,31H,4-8,19-20H2,1-3H3,(H2,21,26)(H,22,27)(H,23,28)(H,24,29)(H,25,30)/t9-,10-,11-,12-,13-/m0/s1. The van der Waals surface area contributed by atoms with Crippen LogP contribution in [0.4, 0.5) is 0 Å². The molecule has 0 heterocycles. The van der Waals surface area contributed by atoms with Gasteiger partial charge >= 0.3 is 0 Å². The molecule has 0 aromatic rings. The van der Waals surface area contributed by atoms with E-state index in [9.17, 15) is 24.0 Å². The van der Waals surface area contributed by atoms with Gasteiger partial charge in [-0.25, -0.2) is 0 Å². The molecule has 0 aliphatic rings. The number of hydrogen-bond donors (Lipinski definition) is 8. The van der Waals surface area contributed by atoms with E-state index in [0.29, 0.717) is 19.4 Å². The zero-order valence-electron chi connectivity index (χ0n) is 18.1. The summed E-state index contributed by atoms with van der Waals surface area (Å²) >= 11 is 3.97. The number of thiol groups is 1. The molecular formula is C18H35N7O5S. The highest BCUT2D eigenvalue weighted by molar-refractivity contribution is 7.80. The van der Waals surface area contributed by atoms with Crippen LogP contribution in [0.15, 0.2) is 0 Å². The summed E-state index contributed by atoms with van der Waals surface area (Å²) in [5.74, 6) is -3.07. The molecule has 0 saturated carbocycles. The molecule has 0 unspecified atom stereocenters. The lowest BCUT2D eigenvalue weighted by atomic mass is 10.1. The molecule has 10 N–H and O–H groups in total. The van der Waals surface area contributed by atoms with Crippen LogP contribution >= 0.6 is 12.6 Å². The lowest BCUT2D eigenvalue weighted by Gasteiger charge is -2.24. The van der Waals surface area contributed by atoms with Gasteiger partial charge in [-0.1, -0.05) is 0 Å². The normalized spacial score (nSPS) is 15.5. The van der Waals surface area contributed by atoms with Crippen molar-refractivity contribution < 1.29 is 24.0 Å². The molecule has 0 aliphatic heterocycles. The summed E-state index contributed by atoms with van der Waals surface area (Å²) in [6.45, 7) is 4.77. The van der Waals surface area contributed by atoms with Gasteiger partial charge in [-0.15, -0.1) is 0 Å². The van der Waals surface area contributed by atoms with Gasteiger partial charge in [0.1, 0.15) is 24.2 Å². The molecule has 0 aromatic carbocycles. The van der Waals surface area contributed by atoms with E-state index in [-0.39, 0.29) is 12.2 Å². The molecule has 5 atom stereocenters. The second kappa shape index (κ2) is 14.6. The van der Waals surface area contributed by atoms with Crippen molar-refractivity contribution in [1.29, 1.82) is 0 Å². The Morgan fingerprint density at radius 3 is 1.71 bits per heavy atom. The number of rotatable bonds is 14. The van der Waals surface area contributed by atoms with E-state index in [0.717, 1.165) is 0 Å². The van der Waals surface area contributed by atoms with Gasteiger partial charge in [0.25, 0.3) is 0 Å². The van der Waals surface area contributed by atoms with Crippen LogP contribution in [0.5, 0.6) is 0 Å². The minimum atomic E-state index is -0.997. The summed E-state index contributed by atoms with van der Waals surface area (Å²) in [6.07, 6.45) is 1.46. The highest BCUT2D eigenvalue weighted by Crippen LogP contribution is 2.03. The molecule has 0 fully saturated rings. The number of nitrogens with two attached hydrogens (primary N) is 3. The quantitative estimate of drug-likeness (QED) is 0.0982. The van der Waals surface area contributed by atoms with Gasteiger partial charge in [0.15, 0.2) is 0 Å². The maximum atomic E-state index is 12.5.